The first kappa shape index (κ1) is 14.9. The Morgan fingerprint density at radius 2 is 1.95 bits per heavy atom. The van der Waals surface area contributed by atoms with Gasteiger partial charge in [0.2, 0.25) is 5.82 Å². The topological polar surface area (TPSA) is 113 Å². The van der Waals surface area contributed by atoms with Gasteiger partial charge in [0, 0.05) is 0 Å². The molecule has 0 unspecified atom stereocenters. The van der Waals surface area contributed by atoms with Crippen LogP contribution in [0.4, 0.5) is 14.5 Å². The summed E-state index contributed by atoms with van der Waals surface area (Å²) in [6.07, 6.45) is 0. The van der Waals surface area contributed by atoms with E-state index in [1.807, 2.05) is 5.32 Å². The quantitative estimate of drug-likeness (QED) is 0.515. The van der Waals surface area contributed by atoms with Gasteiger partial charge in [0.25, 0.3) is 5.91 Å². The maximum absolute atomic E-state index is 13.6. The minimum atomic E-state index is -1.49. The number of nitrogens with one attached hydrogen (secondary N) is 1. The average molecular weight is 276 g/mol. The Bertz CT molecular complexity index is 505. The first-order valence-electron chi connectivity index (χ1n) is 5.06. The zero-order chi connectivity index (χ0) is 14.6. The third-order valence-electron chi connectivity index (χ3n) is 2.24. The first-order valence-corrected chi connectivity index (χ1v) is 5.06. The zero-order valence-electron chi connectivity index (χ0n) is 9.47. The number of nitro groups is 1. The fourth-order valence-corrected chi connectivity index (χ4v) is 1.29. The predicted octanol–water partition coefficient (Wildman–Crippen LogP) is -0.0440. The number of rotatable bonds is 5. The highest BCUT2D eigenvalue weighted by atomic mass is 19.1. The second-order valence-corrected chi connectivity index (χ2v) is 3.58. The molecule has 0 aromatic heterocycles. The molecule has 3 N–H and O–H groups in total. The minimum Gasteiger partial charge on any atom is -0.394 e. The molecule has 7 nitrogen and oxygen atoms in total. The van der Waals surface area contributed by atoms with Gasteiger partial charge < -0.3 is 15.5 Å². The molecule has 19 heavy (non-hydrogen) atoms. The summed E-state index contributed by atoms with van der Waals surface area (Å²) < 4.78 is 26.7. The molecule has 1 amide bonds. The van der Waals surface area contributed by atoms with Crippen molar-refractivity contribution in [1.29, 1.82) is 0 Å². The van der Waals surface area contributed by atoms with Gasteiger partial charge in [-0.2, -0.15) is 4.39 Å². The van der Waals surface area contributed by atoms with Crippen LogP contribution >= 0.6 is 0 Å². The Hall–Kier alpha value is -2.13. The van der Waals surface area contributed by atoms with Crippen molar-refractivity contribution in [2.45, 2.75) is 6.04 Å². The number of aliphatic hydroxyl groups excluding tert-OH is 2. The van der Waals surface area contributed by atoms with Crippen molar-refractivity contribution in [3.63, 3.8) is 0 Å². The summed E-state index contributed by atoms with van der Waals surface area (Å²) in [5.41, 5.74) is -2.05. The van der Waals surface area contributed by atoms with E-state index in [-0.39, 0.29) is 0 Å². The lowest BCUT2D eigenvalue weighted by Crippen LogP contribution is -2.40. The van der Waals surface area contributed by atoms with Crippen LogP contribution in [-0.2, 0) is 0 Å². The number of nitrogens with zero attached hydrogens (tertiary/aromatic N) is 1. The van der Waals surface area contributed by atoms with Gasteiger partial charge in [-0.3, -0.25) is 14.9 Å². The number of carbonyl (C=O) groups excluding carboxylic acids is 1. The lowest BCUT2D eigenvalue weighted by atomic mass is 10.1. The van der Waals surface area contributed by atoms with E-state index < -0.39 is 53.0 Å². The molecule has 0 saturated heterocycles. The molecule has 0 heterocycles. The molecule has 1 aromatic rings. The Kier molecular flexibility index (Phi) is 4.84. The van der Waals surface area contributed by atoms with Gasteiger partial charge in [0.1, 0.15) is 5.82 Å². The molecule has 0 bridgehead atoms. The Labute approximate surface area is 105 Å². The second-order valence-electron chi connectivity index (χ2n) is 3.58. The molecule has 9 heteroatoms. The second kappa shape index (κ2) is 6.16. The van der Waals surface area contributed by atoms with Crippen molar-refractivity contribution in [3.8, 4) is 0 Å². The molecule has 1 rings (SSSR count). The maximum atomic E-state index is 13.6. The summed E-state index contributed by atoms with van der Waals surface area (Å²) >= 11 is 0. The van der Waals surface area contributed by atoms with Crippen molar-refractivity contribution >= 4 is 11.6 Å². The van der Waals surface area contributed by atoms with E-state index >= 15 is 0 Å². The number of amides is 1. The normalized spacial score (nSPS) is 10.6. The molecule has 0 radical (unpaired) electrons. The maximum Gasteiger partial charge on any atom is 0.308 e. The van der Waals surface area contributed by atoms with E-state index in [9.17, 15) is 23.7 Å². The van der Waals surface area contributed by atoms with E-state index in [0.29, 0.717) is 12.1 Å². The van der Waals surface area contributed by atoms with E-state index in [1.165, 1.54) is 0 Å². The smallest absolute Gasteiger partial charge is 0.308 e. The fourth-order valence-electron chi connectivity index (χ4n) is 1.29. The van der Waals surface area contributed by atoms with Crippen LogP contribution in [0.5, 0.6) is 0 Å². The SMILES string of the molecule is O=C(NC(CO)CO)c1cc(F)cc([N+](=O)[O-])c1F. The van der Waals surface area contributed by atoms with Crippen LogP contribution < -0.4 is 5.32 Å². The summed E-state index contributed by atoms with van der Waals surface area (Å²) in [7, 11) is 0. The summed E-state index contributed by atoms with van der Waals surface area (Å²) in [5.74, 6) is -3.81. The molecule has 0 aliphatic rings. The van der Waals surface area contributed by atoms with Crippen LogP contribution in [0.25, 0.3) is 0 Å². The number of nitro benzene ring substituents is 1. The monoisotopic (exact) mass is 276 g/mol. The standard InChI is InChI=1S/C10H10F2N2O5/c11-5-1-7(9(12)8(2-5)14(18)19)10(17)13-6(3-15)4-16/h1-2,6,15-16H,3-4H2,(H,13,17). The van der Waals surface area contributed by atoms with Gasteiger partial charge in [0.05, 0.1) is 35.8 Å². The number of benzene rings is 1. The number of aliphatic hydroxyl groups is 2. The van der Waals surface area contributed by atoms with Crippen molar-refractivity contribution in [2.75, 3.05) is 13.2 Å². The van der Waals surface area contributed by atoms with Crippen molar-refractivity contribution < 1.29 is 28.7 Å². The molecule has 0 saturated carbocycles. The van der Waals surface area contributed by atoms with E-state index in [0.717, 1.165) is 0 Å². The Morgan fingerprint density at radius 1 is 1.37 bits per heavy atom. The third kappa shape index (κ3) is 3.42. The lowest BCUT2D eigenvalue weighted by molar-refractivity contribution is -0.387. The van der Waals surface area contributed by atoms with Crippen molar-refractivity contribution in [3.05, 3.63) is 39.4 Å². The van der Waals surface area contributed by atoms with Crippen LogP contribution in [0.2, 0.25) is 0 Å². The molecule has 104 valence electrons. The molecule has 1 aromatic carbocycles. The van der Waals surface area contributed by atoms with E-state index in [1.54, 1.807) is 0 Å². The van der Waals surface area contributed by atoms with E-state index in [2.05, 4.69) is 0 Å². The highest BCUT2D eigenvalue weighted by Gasteiger charge is 2.25. The predicted molar refractivity (Wildman–Crippen MR) is 58.4 cm³/mol. The van der Waals surface area contributed by atoms with Gasteiger partial charge in [-0.25, -0.2) is 4.39 Å². The van der Waals surface area contributed by atoms with Gasteiger partial charge in [-0.15, -0.1) is 0 Å². The molecule has 0 atom stereocenters. The fraction of sp³-hybridized carbons (Fsp3) is 0.300. The third-order valence-corrected chi connectivity index (χ3v) is 2.24. The van der Waals surface area contributed by atoms with Crippen LogP contribution in [0.1, 0.15) is 10.4 Å². The van der Waals surface area contributed by atoms with Crippen LogP contribution in [0.15, 0.2) is 12.1 Å². The van der Waals surface area contributed by atoms with Gasteiger partial charge in [-0.05, 0) is 6.07 Å². The molecule has 0 aliphatic carbocycles. The van der Waals surface area contributed by atoms with Gasteiger partial charge >= 0.3 is 5.69 Å². The number of hydrogen-bond donors (Lipinski definition) is 3. The van der Waals surface area contributed by atoms with Crippen molar-refractivity contribution in [1.82, 2.24) is 5.32 Å². The van der Waals surface area contributed by atoms with Crippen LogP contribution in [-0.4, -0.2) is 40.3 Å². The zero-order valence-corrected chi connectivity index (χ0v) is 9.47. The summed E-state index contributed by atoms with van der Waals surface area (Å²) in [5, 5.41) is 29.9. The number of halogens is 2. The molecule has 0 spiro atoms. The van der Waals surface area contributed by atoms with Gasteiger partial charge in [-0.1, -0.05) is 0 Å². The average Bonchev–Trinajstić information content (AvgIpc) is 2.37. The number of carbonyl (C=O) groups is 1. The molecular formula is C10H10F2N2O5. The largest absolute Gasteiger partial charge is 0.394 e. The van der Waals surface area contributed by atoms with E-state index in [4.69, 9.17) is 10.2 Å². The van der Waals surface area contributed by atoms with Gasteiger partial charge in [0.15, 0.2) is 0 Å². The van der Waals surface area contributed by atoms with Crippen molar-refractivity contribution in [2.24, 2.45) is 0 Å². The Morgan fingerprint density at radius 3 is 2.42 bits per heavy atom. The highest BCUT2D eigenvalue weighted by molar-refractivity contribution is 5.95. The lowest BCUT2D eigenvalue weighted by Gasteiger charge is -2.13. The Balaban J connectivity index is 3.13. The highest BCUT2D eigenvalue weighted by Crippen LogP contribution is 2.22. The molecular weight excluding hydrogens is 266 g/mol. The summed E-state index contributed by atoms with van der Waals surface area (Å²) in [6.45, 7) is -1.25. The first-order chi connectivity index (χ1) is 8.90. The summed E-state index contributed by atoms with van der Waals surface area (Å²) in [4.78, 5) is 20.9. The molecule has 0 aliphatic heterocycles. The molecule has 0 fully saturated rings. The summed E-state index contributed by atoms with van der Waals surface area (Å²) in [6, 6.07) is -0.236. The minimum absolute atomic E-state index is 0.349. The van der Waals surface area contributed by atoms with Crippen LogP contribution in [0, 0.1) is 21.7 Å². The number of hydrogen-bond acceptors (Lipinski definition) is 5. The van der Waals surface area contributed by atoms with Crippen LogP contribution in [0.3, 0.4) is 0 Å².